The van der Waals surface area contributed by atoms with Crippen molar-refractivity contribution in [2.75, 3.05) is 7.11 Å². The molecule has 28 heavy (non-hydrogen) atoms. The molecule has 0 fully saturated rings. The highest BCUT2D eigenvalue weighted by Crippen LogP contribution is 2.28. The normalized spacial score (nSPS) is 11.6. The lowest BCUT2D eigenvalue weighted by Crippen LogP contribution is -2.30. The molecule has 0 heterocycles. The van der Waals surface area contributed by atoms with Gasteiger partial charge in [-0.1, -0.05) is 68.3 Å². The summed E-state index contributed by atoms with van der Waals surface area (Å²) in [6.07, 6.45) is 0. The lowest BCUT2D eigenvalue weighted by molar-refractivity contribution is 0.394. The van der Waals surface area contributed by atoms with E-state index in [-0.39, 0.29) is 18.0 Å². The number of hydrogen-bond donors (Lipinski definition) is 0. The molecule has 0 saturated heterocycles. The predicted molar refractivity (Wildman–Crippen MR) is 118 cm³/mol. The van der Waals surface area contributed by atoms with Crippen LogP contribution in [-0.4, -0.2) is 19.8 Å². The number of rotatable bonds is 7. The smallest absolute Gasteiger partial charge is 0.243 e. The molecule has 0 aliphatic heterocycles. The zero-order valence-electron chi connectivity index (χ0n) is 15.2. The Balaban J connectivity index is 2.03. The van der Waals surface area contributed by atoms with E-state index in [0.29, 0.717) is 5.75 Å². The van der Waals surface area contributed by atoms with Crippen molar-refractivity contribution < 1.29 is 13.2 Å². The molecule has 3 rings (SSSR count). The van der Waals surface area contributed by atoms with Crippen LogP contribution in [-0.2, 0) is 23.1 Å². The molecule has 0 atom stereocenters. The number of nitrogens with zero attached hydrogens (tertiary/aromatic N) is 1. The van der Waals surface area contributed by atoms with Crippen LogP contribution in [0.25, 0.3) is 0 Å². The number of methoxy groups -OCH3 is 1. The van der Waals surface area contributed by atoms with Crippen molar-refractivity contribution in [2.45, 2.75) is 18.0 Å². The van der Waals surface area contributed by atoms with Gasteiger partial charge in [0, 0.05) is 22.0 Å². The van der Waals surface area contributed by atoms with Crippen LogP contribution in [0, 0.1) is 0 Å². The second-order valence-corrected chi connectivity index (χ2v) is 9.78. The van der Waals surface area contributed by atoms with E-state index in [1.54, 1.807) is 37.4 Å². The minimum absolute atomic E-state index is 0.205. The topological polar surface area (TPSA) is 46.6 Å². The van der Waals surface area contributed by atoms with Crippen LogP contribution in [0.1, 0.15) is 11.1 Å². The van der Waals surface area contributed by atoms with Crippen LogP contribution >= 0.6 is 31.9 Å². The third-order valence-electron chi connectivity index (χ3n) is 4.29. The van der Waals surface area contributed by atoms with Gasteiger partial charge in [-0.25, -0.2) is 8.42 Å². The highest BCUT2D eigenvalue weighted by Gasteiger charge is 2.26. The van der Waals surface area contributed by atoms with Crippen molar-refractivity contribution in [3.63, 3.8) is 0 Å². The molecule has 4 nitrogen and oxygen atoms in total. The molecule has 0 amide bonds. The van der Waals surface area contributed by atoms with Gasteiger partial charge in [-0.2, -0.15) is 4.31 Å². The molecular weight excluding hydrogens is 506 g/mol. The van der Waals surface area contributed by atoms with E-state index in [9.17, 15) is 8.42 Å². The van der Waals surface area contributed by atoms with E-state index in [4.69, 9.17) is 4.74 Å². The average Bonchev–Trinajstić information content (AvgIpc) is 2.71. The van der Waals surface area contributed by atoms with Crippen molar-refractivity contribution in [1.82, 2.24) is 4.31 Å². The highest BCUT2D eigenvalue weighted by atomic mass is 79.9. The Hall–Kier alpha value is -1.67. The van der Waals surface area contributed by atoms with E-state index < -0.39 is 10.0 Å². The van der Waals surface area contributed by atoms with Crippen molar-refractivity contribution >= 4 is 41.9 Å². The van der Waals surface area contributed by atoms with Gasteiger partial charge in [-0.05, 0) is 47.5 Å². The average molecular weight is 525 g/mol. The van der Waals surface area contributed by atoms with Crippen molar-refractivity contribution in [3.8, 4) is 5.75 Å². The van der Waals surface area contributed by atoms with Crippen LogP contribution in [0.3, 0.4) is 0 Å². The fourth-order valence-corrected chi connectivity index (χ4v) is 4.97. The number of benzene rings is 3. The van der Waals surface area contributed by atoms with E-state index in [1.165, 1.54) is 4.31 Å². The summed E-state index contributed by atoms with van der Waals surface area (Å²) in [6, 6.07) is 21.6. The van der Waals surface area contributed by atoms with Crippen LogP contribution in [0.15, 0.2) is 86.6 Å². The van der Waals surface area contributed by atoms with Gasteiger partial charge in [0.1, 0.15) is 5.75 Å². The molecule has 7 heteroatoms. The summed E-state index contributed by atoms with van der Waals surface area (Å²) in [6.45, 7) is 0.443. The lowest BCUT2D eigenvalue weighted by Gasteiger charge is -2.24. The molecule has 0 unspecified atom stereocenters. The predicted octanol–water partition coefficient (Wildman–Crippen LogP) is 5.61. The SMILES string of the molecule is COc1ccc(Br)c(CN(Cc2ccccc2Br)S(=O)(=O)c2ccccc2)c1. The maximum absolute atomic E-state index is 13.4. The number of sulfonamides is 1. The first-order chi connectivity index (χ1) is 13.4. The second kappa shape index (κ2) is 9.22. The quantitative estimate of drug-likeness (QED) is 0.403. The summed E-state index contributed by atoms with van der Waals surface area (Å²) < 4.78 is 35.2. The van der Waals surface area contributed by atoms with Crippen LogP contribution in [0.4, 0.5) is 0 Å². The number of halogens is 2. The first-order valence-corrected chi connectivity index (χ1v) is 11.6. The Bertz CT molecular complexity index is 1060. The molecule has 146 valence electrons. The van der Waals surface area contributed by atoms with E-state index >= 15 is 0 Å². The first-order valence-electron chi connectivity index (χ1n) is 8.53. The summed E-state index contributed by atoms with van der Waals surface area (Å²) >= 11 is 7.04. The Kier molecular flexibility index (Phi) is 6.93. The van der Waals surface area contributed by atoms with Gasteiger partial charge in [0.2, 0.25) is 10.0 Å². The molecule has 0 spiro atoms. The summed E-state index contributed by atoms with van der Waals surface area (Å²) in [5.41, 5.74) is 1.71. The molecular formula is C21H19Br2NO3S. The maximum Gasteiger partial charge on any atom is 0.243 e. The fourth-order valence-electron chi connectivity index (χ4n) is 2.77. The van der Waals surface area contributed by atoms with Gasteiger partial charge in [-0.15, -0.1) is 0 Å². The molecule has 0 N–H and O–H groups in total. The Morgan fingerprint density at radius 2 is 1.43 bits per heavy atom. The largest absolute Gasteiger partial charge is 0.497 e. The van der Waals surface area contributed by atoms with Crippen LogP contribution < -0.4 is 4.74 Å². The van der Waals surface area contributed by atoms with Gasteiger partial charge in [-0.3, -0.25) is 0 Å². The summed E-state index contributed by atoms with van der Waals surface area (Å²) in [4.78, 5) is 0.265. The third kappa shape index (κ3) is 4.84. The highest BCUT2D eigenvalue weighted by molar-refractivity contribution is 9.10. The Morgan fingerprint density at radius 1 is 0.821 bits per heavy atom. The third-order valence-corrected chi connectivity index (χ3v) is 7.64. The molecule has 0 bridgehead atoms. The van der Waals surface area contributed by atoms with Crippen molar-refractivity contribution in [2.24, 2.45) is 0 Å². The van der Waals surface area contributed by atoms with Crippen molar-refractivity contribution in [3.05, 3.63) is 92.9 Å². The monoisotopic (exact) mass is 523 g/mol. The van der Waals surface area contributed by atoms with E-state index in [2.05, 4.69) is 31.9 Å². The van der Waals surface area contributed by atoms with Crippen LogP contribution in [0.5, 0.6) is 5.75 Å². The Morgan fingerprint density at radius 3 is 2.11 bits per heavy atom. The lowest BCUT2D eigenvalue weighted by atomic mass is 10.2. The Labute approximate surface area is 182 Å². The second-order valence-electron chi connectivity index (χ2n) is 6.13. The minimum atomic E-state index is -3.70. The molecule has 0 saturated carbocycles. The van der Waals surface area contributed by atoms with Gasteiger partial charge < -0.3 is 4.74 Å². The van der Waals surface area contributed by atoms with Gasteiger partial charge in [0.15, 0.2) is 0 Å². The molecule has 3 aromatic carbocycles. The van der Waals surface area contributed by atoms with Gasteiger partial charge in [0.25, 0.3) is 0 Å². The molecule has 0 radical (unpaired) electrons. The number of ether oxygens (including phenoxy) is 1. The zero-order valence-corrected chi connectivity index (χ0v) is 19.2. The summed E-state index contributed by atoms with van der Waals surface area (Å²) in [5.74, 6) is 0.677. The first kappa shape index (κ1) is 21.0. The van der Waals surface area contributed by atoms with E-state index in [0.717, 1.165) is 20.1 Å². The molecule has 0 aliphatic carbocycles. The fraction of sp³-hybridized carbons (Fsp3) is 0.143. The van der Waals surface area contributed by atoms with Gasteiger partial charge in [0.05, 0.1) is 12.0 Å². The molecule has 3 aromatic rings. The maximum atomic E-state index is 13.4. The summed E-state index contributed by atoms with van der Waals surface area (Å²) in [7, 11) is -2.11. The summed E-state index contributed by atoms with van der Waals surface area (Å²) in [5, 5.41) is 0. The minimum Gasteiger partial charge on any atom is -0.497 e. The zero-order chi connectivity index (χ0) is 20.1. The van der Waals surface area contributed by atoms with Crippen molar-refractivity contribution in [1.29, 1.82) is 0 Å². The van der Waals surface area contributed by atoms with Crippen LogP contribution in [0.2, 0.25) is 0 Å². The molecule has 0 aromatic heterocycles. The standard InChI is InChI=1S/C21H19Br2NO3S/c1-27-18-11-12-21(23)17(13-18)15-24(14-16-7-5-6-10-20(16)22)28(25,26)19-8-3-2-4-9-19/h2-13H,14-15H2,1H3. The molecule has 0 aliphatic rings. The van der Waals surface area contributed by atoms with Gasteiger partial charge >= 0.3 is 0 Å². The van der Waals surface area contributed by atoms with E-state index in [1.807, 2.05) is 42.5 Å². The number of hydrogen-bond acceptors (Lipinski definition) is 3.